The Kier molecular flexibility index (Phi) is 4.11. The molecule has 3 aromatic heterocycles. The summed E-state index contributed by atoms with van der Waals surface area (Å²) >= 11 is 0. The van der Waals surface area contributed by atoms with E-state index in [1.54, 1.807) is 0 Å². The third kappa shape index (κ3) is 2.85. The lowest BCUT2D eigenvalue weighted by atomic mass is 9.87. The zero-order valence-electron chi connectivity index (χ0n) is 16.1. The molecule has 5 rings (SSSR count). The molecule has 0 saturated carbocycles. The molecule has 1 saturated heterocycles. The second-order valence-electron chi connectivity index (χ2n) is 7.49. The molecule has 4 heterocycles. The van der Waals surface area contributed by atoms with Crippen molar-refractivity contribution in [3.63, 3.8) is 0 Å². The van der Waals surface area contributed by atoms with Crippen molar-refractivity contribution in [3.8, 4) is 11.5 Å². The quantitative estimate of drug-likeness (QED) is 0.568. The van der Waals surface area contributed by atoms with Crippen molar-refractivity contribution in [1.29, 1.82) is 0 Å². The second-order valence-corrected chi connectivity index (χ2v) is 7.49. The van der Waals surface area contributed by atoms with E-state index in [0.29, 0.717) is 17.6 Å². The Morgan fingerprint density at radius 1 is 1.07 bits per heavy atom. The SMILES string of the molecule is Cc1noc(-c2cccnc2N2CCC(c3c(C)[nH]c4ccccc34)CC2)n1. The van der Waals surface area contributed by atoms with Crippen LogP contribution in [0.3, 0.4) is 0 Å². The molecule has 0 radical (unpaired) electrons. The normalized spacial score (nSPS) is 15.4. The summed E-state index contributed by atoms with van der Waals surface area (Å²) < 4.78 is 5.39. The van der Waals surface area contributed by atoms with Crippen molar-refractivity contribution in [2.24, 2.45) is 0 Å². The molecule has 6 heteroatoms. The molecule has 142 valence electrons. The van der Waals surface area contributed by atoms with Crippen LogP contribution in [-0.4, -0.2) is 33.2 Å². The van der Waals surface area contributed by atoms with Crippen LogP contribution in [0.4, 0.5) is 5.82 Å². The van der Waals surface area contributed by atoms with Crippen LogP contribution >= 0.6 is 0 Å². The fraction of sp³-hybridized carbons (Fsp3) is 0.318. The van der Waals surface area contributed by atoms with Gasteiger partial charge >= 0.3 is 0 Å². The number of nitrogens with one attached hydrogen (secondary N) is 1. The minimum atomic E-state index is 0.537. The van der Waals surface area contributed by atoms with Crippen molar-refractivity contribution in [2.45, 2.75) is 32.6 Å². The first-order chi connectivity index (χ1) is 13.7. The first-order valence-corrected chi connectivity index (χ1v) is 9.78. The van der Waals surface area contributed by atoms with Crippen LogP contribution in [0.15, 0.2) is 47.1 Å². The van der Waals surface area contributed by atoms with Crippen LogP contribution in [0.5, 0.6) is 0 Å². The number of piperidine rings is 1. The van der Waals surface area contributed by atoms with Gasteiger partial charge in [-0.1, -0.05) is 23.4 Å². The molecule has 0 unspecified atom stereocenters. The van der Waals surface area contributed by atoms with Crippen LogP contribution in [0, 0.1) is 13.8 Å². The van der Waals surface area contributed by atoms with Gasteiger partial charge in [0.05, 0.1) is 5.56 Å². The van der Waals surface area contributed by atoms with Gasteiger partial charge in [-0.05, 0) is 56.4 Å². The number of H-pyrrole nitrogens is 1. The number of nitrogens with zero attached hydrogens (tertiary/aromatic N) is 4. The number of hydrogen-bond acceptors (Lipinski definition) is 5. The molecule has 1 aliphatic heterocycles. The van der Waals surface area contributed by atoms with Gasteiger partial charge in [0.25, 0.3) is 5.89 Å². The number of aromatic nitrogens is 4. The molecule has 0 amide bonds. The molecule has 1 fully saturated rings. The van der Waals surface area contributed by atoms with E-state index < -0.39 is 0 Å². The van der Waals surface area contributed by atoms with E-state index >= 15 is 0 Å². The molecule has 28 heavy (non-hydrogen) atoms. The topological polar surface area (TPSA) is 70.8 Å². The fourth-order valence-electron chi connectivity index (χ4n) is 4.43. The van der Waals surface area contributed by atoms with Gasteiger partial charge in [0.2, 0.25) is 0 Å². The molecule has 0 bridgehead atoms. The maximum Gasteiger partial charge on any atom is 0.261 e. The molecule has 0 atom stereocenters. The summed E-state index contributed by atoms with van der Waals surface area (Å²) in [7, 11) is 0. The Balaban J connectivity index is 1.40. The molecular weight excluding hydrogens is 350 g/mol. The molecule has 1 aliphatic rings. The zero-order chi connectivity index (χ0) is 19.1. The Bertz CT molecular complexity index is 1120. The predicted molar refractivity (Wildman–Crippen MR) is 109 cm³/mol. The highest BCUT2D eigenvalue weighted by Crippen LogP contribution is 2.37. The average molecular weight is 373 g/mol. The molecule has 1 aromatic carbocycles. The smallest absolute Gasteiger partial charge is 0.261 e. The van der Waals surface area contributed by atoms with Crippen molar-refractivity contribution < 1.29 is 4.52 Å². The van der Waals surface area contributed by atoms with E-state index in [1.807, 2.05) is 25.3 Å². The van der Waals surface area contributed by atoms with Gasteiger partial charge in [0.1, 0.15) is 5.82 Å². The fourth-order valence-corrected chi connectivity index (χ4v) is 4.43. The molecule has 6 nitrogen and oxygen atoms in total. The number of benzene rings is 1. The highest BCUT2D eigenvalue weighted by molar-refractivity contribution is 5.85. The maximum atomic E-state index is 5.39. The van der Waals surface area contributed by atoms with Crippen molar-refractivity contribution in [2.75, 3.05) is 18.0 Å². The minimum absolute atomic E-state index is 0.537. The minimum Gasteiger partial charge on any atom is -0.358 e. The lowest BCUT2D eigenvalue weighted by Gasteiger charge is -2.33. The van der Waals surface area contributed by atoms with Gasteiger partial charge in [-0.3, -0.25) is 0 Å². The zero-order valence-corrected chi connectivity index (χ0v) is 16.1. The van der Waals surface area contributed by atoms with Gasteiger partial charge in [-0.15, -0.1) is 0 Å². The lowest BCUT2D eigenvalue weighted by Crippen LogP contribution is -2.34. The highest BCUT2D eigenvalue weighted by Gasteiger charge is 2.27. The first-order valence-electron chi connectivity index (χ1n) is 9.78. The third-order valence-electron chi connectivity index (χ3n) is 5.69. The number of aryl methyl sites for hydroxylation is 2. The number of para-hydroxylation sites is 1. The van der Waals surface area contributed by atoms with Gasteiger partial charge in [-0.2, -0.15) is 4.98 Å². The largest absolute Gasteiger partial charge is 0.358 e. The summed E-state index contributed by atoms with van der Waals surface area (Å²) in [5.41, 5.74) is 4.91. The summed E-state index contributed by atoms with van der Waals surface area (Å²) in [6, 6.07) is 12.5. The molecule has 0 aliphatic carbocycles. The number of fused-ring (bicyclic) bond motifs is 1. The van der Waals surface area contributed by atoms with Crippen LogP contribution < -0.4 is 4.90 Å². The van der Waals surface area contributed by atoms with Gasteiger partial charge in [0, 0.05) is 35.9 Å². The number of hydrogen-bond donors (Lipinski definition) is 1. The van der Waals surface area contributed by atoms with Gasteiger partial charge < -0.3 is 14.4 Å². The lowest BCUT2D eigenvalue weighted by molar-refractivity contribution is 0.425. The third-order valence-corrected chi connectivity index (χ3v) is 5.69. The molecular formula is C22H23N5O. The first kappa shape index (κ1) is 17.0. The Labute approximate surface area is 163 Å². The molecule has 4 aromatic rings. The van der Waals surface area contributed by atoms with Crippen molar-refractivity contribution in [3.05, 3.63) is 59.7 Å². The molecule has 1 N–H and O–H groups in total. The standard InChI is InChI=1S/C22H23N5O/c1-14-20(17-6-3-4-8-19(17)24-14)16-9-12-27(13-10-16)21-18(7-5-11-23-21)22-25-15(2)26-28-22/h3-8,11,16,24H,9-10,12-13H2,1-2H3. The van der Waals surface area contributed by atoms with E-state index in [1.165, 1.54) is 22.2 Å². The van der Waals surface area contributed by atoms with Crippen LogP contribution in [0.2, 0.25) is 0 Å². The monoisotopic (exact) mass is 373 g/mol. The summed E-state index contributed by atoms with van der Waals surface area (Å²) in [6.45, 7) is 5.94. The van der Waals surface area contributed by atoms with Crippen LogP contribution in [0.25, 0.3) is 22.4 Å². The number of rotatable bonds is 3. The predicted octanol–water partition coefficient (Wildman–Crippen LogP) is 4.61. The van der Waals surface area contributed by atoms with Crippen LogP contribution in [0.1, 0.15) is 35.8 Å². The average Bonchev–Trinajstić information content (AvgIpc) is 3.30. The van der Waals surface area contributed by atoms with Gasteiger partial charge in [0.15, 0.2) is 5.82 Å². The number of anilines is 1. The number of aromatic amines is 1. The summed E-state index contributed by atoms with van der Waals surface area (Å²) in [5, 5.41) is 5.29. The van der Waals surface area contributed by atoms with Crippen molar-refractivity contribution in [1.82, 2.24) is 20.1 Å². The van der Waals surface area contributed by atoms with Gasteiger partial charge in [-0.25, -0.2) is 4.98 Å². The summed E-state index contributed by atoms with van der Waals surface area (Å²) in [6.07, 6.45) is 4.03. The Morgan fingerprint density at radius 3 is 2.68 bits per heavy atom. The van der Waals surface area contributed by atoms with E-state index in [2.05, 4.69) is 56.2 Å². The van der Waals surface area contributed by atoms with Crippen molar-refractivity contribution >= 4 is 16.7 Å². The van der Waals surface area contributed by atoms with E-state index in [0.717, 1.165) is 37.3 Å². The maximum absolute atomic E-state index is 5.39. The summed E-state index contributed by atoms with van der Waals surface area (Å²) in [4.78, 5) is 14.9. The number of pyridine rings is 1. The Morgan fingerprint density at radius 2 is 1.89 bits per heavy atom. The van der Waals surface area contributed by atoms with E-state index in [4.69, 9.17) is 4.52 Å². The highest BCUT2D eigenvalue weighted by atomic mass is 16.5. The second kappa shape index (κ2) is 6.78. The van der Waals surface area contributed by atoms with E-state index in [-0.39, 0.29) is 0 Å². The van der Waals surface area contributed by atoms with E-state index in [9.17, 15) is 0 Å². The Hall–Kier alpha value is -3.15. The molecule has 0 spiro atoms. The summed E-state index contributed by atoms with van der Waals surface area (Å²) in [5.74, 6) is 2.67. The van der Waals surface area contributed by atoms with Crippen LogP contribution in [-0.2, 0) is 0 Å².